The van der Waals surface area contributed by atoms with Crippen LogP contribution in [0.5, 0.6) is 0 Å². The number of thioether (sulfide) groups is 2. The molecule has 0 aromatic carbocycles. The van der Waals surface area contributed by atoms with E-state index in [1.54, 1.807) is 17.8 Å². The minimum atomic E-state index is -0.633. The number of carbonyl (C=O) groups excluding carboxylic acids is 3. The number of rotatable bonds is 9. The van der Waals surface area contributed by atoms with Crippen LogP contribution in [-0.2, 0) is 14.3 Å². The highest BCUT2D eigenvalue weighted by Gasteiger charge is 2.63. The molecule has 1 unspecified atom stereocenters. The van der Waals surface area contributed by atoms with Crippen LogP contribution in [0, 0.1) is 0 Å². The number of carbonyl (C=O) groups is 3. The van der Waals surface area contributed by atoms with E-state index in [0.29, 0.717) is 35.5 Å². The second-order valence-electron chi connectivity index (χ2n) is 11.2. The smallest absolute Gasteiger partial charge is 0.331 e. The summed E-state index contributed by atoms with van der Waals surface area (Å²) >= 11 is 3.74. The van der Waals surface area contributed by atoms with Crippen LogP contribution in [-0.4, -0.2) is 87.3 Å². The molecule has 5 N–H and O–H groups in total. The number of hydrogen-bond acceptors (Lipinski definition) is 8. The lowest BCUT2D eigenvalue weighted by Gasteiger charge is -2.38. The molecule has 1 spiro atoms. The summed E-state index contributed by atoms with van der Waals surface area (Å²) in [6.45, 7) is 1.77. The van der Waals surface area contributed by atoms with Gasteiger partial charge in [-0.05, 0) is 44.2 Å². The van der Waals surface area contributed by atoms with Crippen molar-refractivity contribution >= 4 is 41.4 Å². The molecular weight excluding hydrogens is 498 g/mol. The maximum absolute atomic E-state index is 12.4. The van der Waals surface area contributed by atoms with Gasteiger partial charge < -0.3 is 26.4 Å². The molecule has 11 heteroatoms. The van der Waals surface area contributed by atoms with E-state index in [9.17, 15) is 14.4 Å². The van der Waals surface area contributed by atoms with Gasteiger partial charge in [0, 0.05) is 53.5 Å². The van der Waals surface area contributed by atoms with Crippen molar-refractivity contribution in [3.63, 3.8) is 0 Å². The molecule has 5 heterocycles. The Hall–Kier alpha value is -1.43. The Morgan fingerprint density at radius 1 is 1.33 bits per heavy atom. The van der Waals surface area contributed by atoms with Gasteiger partial charge in [-0.25, -0.2) is 9.59 Å². The Balaban J connectivity index is 0.911. The quantitative estimate of drug-likeness (QED) is 0.199. The van der Waals surface area contributed by atoms with Crippen molar-refractivity contribution < 1.29 is 19.1 Å². The number of esters is 1. The fraction of sp³-hybridized carbons (Fsp3) is 0.800. The van der Waals surface area contributed by atoms with E-state index in [1.807, 2.05) is 11.8 Å². The zero-order chi connectivity index (χ0) is 24.9. The van der Waals surface area contributed by atoms with E-state index >= 15 is 0 Å². The fourth-order valence-electron chi connectivity index (χ4n) is 7.37. The largest absolute Gasteiger partial charge is 0.450 e. The summed E-state index contributed by atoms with van der Waals surface area (Å²) in [4.78, 5) is 38.8. The van der Waals surface area contributed by atoms with Crippen molar-refractivity contribution in [2.24, 2.45) is 5.73 Å². The molecular formula is C25H37N5O4S2. The molecule has 0 aromatic heterocycles. The fourth-order valence-corrected chi connectivity index (χ4v) is 10.2. The Labute approximate surface area is 220 Å². The van der Waals surface area contributed by atoms with Crippen molar-refractivity contribution in [1.82, 2.24) is 20.9 Å². The Bertz CT molecular complexity index is 965. The maximum atomic E-state index is 12.4. The molecule has 6 rings (SSSR count). The highest BCUT2D eigenvalue weighted by molar-refractivity contribution is 8.00. The van der Waals surface area contributed by atoms with E-state index in [0.717, 1.165) is 56.6 Å². The zero-order valence-corrected chi connectivity index (χ0v) is 22.3. The van der Waals surface area contributed by atoms with Crippen LogP contribution < -0.4 is 21.7 Å². The third-order valence-electron chi connectivity index (χ3n) is 8.98. The van der Waals surface area contributed by atoms with E-state index in [2.05, 4.69) is 20.9 Å². The van der Waals surface area contributed by atoms with Gasteiger partial charge >= 0.3 is 12.0 Å². The molecule has 2 bridgehead atoms. The molecule has 1 aliphatic carbocycles. The van der Waals surface area contributed by atoms with E-state index < -0.39 is 5.66 Å². The van der Waals surface area contributed by atoms with E-state index in [4.69, 9.17) is 10.5 Å². The van der Waals surface area contributed by atoms with Gasteiger partial charge in [-0.2, -0.15) is 23.5 Å². The molecule has 0 aromatic rings. The lowest BCUT2D eigenvalue weighted by atomic mass is 9.77. The van der Waals surface area contributed by atoms with Gasteiger partial charge in [-0.15, -0.1) is 0 Å². The predicted octanol–water partition coefficient (Wildman–Crippen LogP) is 1.47. The number of ether oxygens (including phenoxy) is 1. The summed E-state index contributed by atoms with van der Waals surface area (Å²) < 4.78 is 5.96. The molecule has 7 atom stereocenters. The number of amides is 3. The second-order valence-corrected chi connectivity index (χ2v) is 13.8. The van der Waals surface area contributed by atoms with Crippen LogP contribution in [0.25, 0.3) is 0 Å². The molecule has 198 valence electrons. The molecule has 0 radical (unpaired) electrons. The standard InChI is InChI=1S/C25H37N5O4S2/c26-25-14-36-17(22(25)28-23(33)29-25)5-1-2-7-20(31)27-8-10-35-18-11-15-12-21(32)34-24(15)13-16(18)30-9-4-3-6-19(24)30/h12,16-19,22H,1-11,13-14,26H2,(H,27,31)(H2,28,29,33)/t16-,17-,18-,19?,22+,24-,25-/m0/s1. The summed E-state index contributed by atoms with van der Waals surface area (Å²) in [5.74, 6) is 1.55. The van der Waals surface area contributed by atoms with Crippen LogP contribution in [0.4, 0.5) is 4.79 Å². The minimum Gasteiger partial charge on any atom is -0.450 e. The van der Waals surface area contributed by atoms with Gasteiger partial charge in [-0.1, -0.05) is 12.8 Å². The lowest BCUT2D eigenvalue weighted by molar-refractivity contribution is -0.148. The number of urea groups is 1. The number of nitrogens with zero attached hydrogens (tertiary/aromatic N) is 1. The number of nitrogens with two attached hydrogens (primary N) is 1. The van der Waals surface area contributed by atoms with Gasteiger partial charge in [0.2, 0.25) is 5.91 Å². The van der Waals surface area contributed by atoms with Crippen LogP contribution in [0.15, 0.2) is 11.6 Å². The SMILES string of the molecule is N[C@]12CS[C@@H](CCCCC(=O)NCCS[C@H]3CC4=CC(=O)O[C@@]45C[C@@H]3N3CCCCC35)[C@H]1NC(=O)N2. The molecule has 1 saturated carbocycles. The summed E-state index contributed by atoms with van der Waals surface area (Å²) in [6, 6.07) is 0.600. The second kappa shape index (κ2) is 9.71. The number of piperidine rings is 1. The Kier molecular flexibility index (Phi) is 6.71. The number of nitrogens with one attached hydrogen (secondary N) is 3. The summed E-state index contributed by atoms with van der Waals surface area (Å²) in [5.41, 5.74) is 6.52. The van der Waals surface area contributed by atoms with Crippen molar-refractivity contribution in [3.8, 4) is 0 Å². The van der Waals surface area contributed by atoms with E-state index in [-0.39, 0.29) is 29.6 Å². The molecule has 5 aliphatic heterocycles. The highest BCUT2D eigenvalue weighted by Crippen LogP contribution is 2.56. The van der Waals surface area contributed by atoms with Gasteiger partial charge in [-0.3, -0.25) is 9.69 Å². The van der Waals surface area contributed by atoms with Gasteiger partial charge in [0.15, 0.2) is 5.60 Å². The zero-order valence-electron chi connectivity index (χ0n) is 20.6. The topological polar surface area (TPSA) is 126 Å². The third-order valence-corrected chi connectivity index (χ3v) is 11.9. The number of unbranched alkanes of at least 4 members (excludes halogenated alkanes) is 1. The lowest BCUT2D eigenvalue weighted by Crippen LogP contribution is -2.58. The van der Waals surface area contributed by atoms with Gasteiger partial charge in [0.1, 0.15) is 5.66 Å². The normalized spacial score (nSPS) is 40.6. The first-order valence-corrected chi connectivity index (χ1v) is 15.5. The molecule has 3 amide bonds. The van der Waals surface area contributed by atoms with E-state index in [1.165, 1.54) is 18.4 Å². The molecule has 4 saturated heterocycles. The van der Waals surface area contributed by atoms with Crippen molar-refractivity contribution in [1.29, 1.82) is 0 Å². The average molecular weight is 536 g/mol. The Morgan fingerprint density at radius 2 is 2.22 bits per heavy atom. The summed E-state index contributed by atoms with van der Waals surface area (Å²) in [7, 11) is 0. The van der Waals surface area contributed by atoms with Crippen LogP contribution in [0.1, 0.15) is 57.8 Å². The highest BCUT2D eigenvalue weighted by atomic mass is 32.2. The first-order valence-electron chi connectivity index (χ1n) is 13.5. The van der Waals surface area contributed by atoms with Crippen LogP contribution >= 0.6 is 23.5 Å². The number of fused-ring (bicyclic) bond motifs is 4. The van der Waals surface area contributed by atoms with Gasteiger partial charge in [0.05, 0.1) is 12.1 Å². The predicted molar refractivity (Wildman–Crippen MR) is 141 cm³/mol. The first kappa shape index (κ1) is 24.9. The van der Waals surface area contributed by atoms with Gasteiger partial charge in [0.25, 0.3) is 0 Å². The molecule has 36 heavy (non-hydrogen) atoms. The van der Waals surface area contributed by atoms with Crippen molar-refractivity contribution in [2.45, 2.75) is 97.7 Å². The minimum absolute atomic E-state index is 0.0319. The average Bonchev–Trinajstić information content (AvgIpc) is 3.53. The third kappa shape index (κ3) is 4.33. The maximum Gasteiger partial charge on any atom is 0.331 e. The summed E-state index contributed by atoms with van der Waals surface area (Å²) in [6.07, 6.45) is 10.4. The molecule has 6 aliphatic rings. The summed E-state index contributed by atoms with van der Waals surface area (Å²) in [5, 5.41) is 9.62. The van der Waals surface area contributed by atoms with Crippen LogP contribution in [0.3, 0.4) is 0 Å². The van der Waals surface area contributed by atoms with Crippen LogP contribution in [0.2, 0.25) is 0 Å². The Morgan fingerprint density at radius 3 is 3.11 bits per heavy atom. The van der Waals surface area contributed by atoms with Crippen molar-refractivity contribution in [2.75, 3.05) is 24.6 Å². The monoisotopic (exact) mass is 535 g/mol. The molecule has 9 nitrogen and oxygen atoms in total. The van der Waals surface area contributed by atoms with Crippen molar-refractivity contribution in [3.05, 3.63) is 11.6 Å². The number of hydrogen-bond donors (Lipinski definition) is 4. The molecule has 5 fully saturated rings. The first-order chi connectivity index (χ1) is 17.4.